The van der Waals surface area contributed by atoms with E-state index in [2.05, 4.69) is 37.4 Å². The Hall–Kier alpha value is -5.92. The number of benzene rings is 4. The molecule has 2 aliphatic rings. The van der Waals surface area contributed by atoms with Crippen LogP contribution in [0, 0.1) is 19.7 Å². The minimum atomic E-state index is -0.520. The van der Waals surface area contributed by atoms with Gasteiger partial charge in [-0.2, -0.15) is 4.98 Å². The number of carbonyl (C=O) groups is 1. The van der Waals surface area contributed by atoms with Gasteiger partial charge in [-0.15, -0.1) is 0 Å². The largest absolute Gasteiger partial charge is 0.493 e. The number of para-hydroxylation sites is 1. The molecule has 5 aromatic rings. The molecule has 2 aliphatic heterocycles. The molecule has 2 N–H and O–H groups in total. The summed E-state index contributed by atoms with van der Waals surface area (Å²) >= 11 is 0. The number of nitrogens with one attached hydrogen (secondary N) is 2. The number of fused-ring (bicyclic) bond motifs is 1. The fourth-order valence-corrected chi connectivity index (χ4v) is 6.33. The first kappa shape index (κ1) is 36.4. The highest BCUT2D eigenvalue weighted by atomic mass is 19.1. The van der Waals surface area contributed by atoms with Crippen LogP contribution in [-0.4, -0.2) is 86.0 Å². The number of likely N-dealkylation sites (N-methyl/N-ethyl adjacent to an activating group) is 1. The molecule has 0 unspecified atom stereocenters. The lowest BCUT2D eigenvalue weighted by atomic mass is 10.0. The van der Waals surface area contributed by atoms with Gasteiger partial charge in [-0.25, -0.2) is 9.37 Å². The Kier molecular flexibility index (Phi) is 11.1. The molecule has 7 rings (SSSR count). The van der Waals surface area contributed by atoms with Crippen molar-refractivity contribution < 1.29 is 32.9 Å². The first-order valence-corrected chi connectivity index (χ1v) is 17.8. The average Bonchev–Trinajstić information content (AvgIpc) is 3.65. The van der Waals surface area contributed by atoms with Gasteiger partial charge in [0.15, 0.2) is 34.6 Å². The highest BCUT2D eigenvalue weighted by Crippen LogP contribution is 2.40. The summed E-state index contributed by atoms with van der Waals surface area (Å²) in [6.07, 6.45) is 2.17. The molecule has 1 fully saturated rings. The first-order valence-electron chi connectivity index (χ1n) is 17.8. The van der Waals surface area contributed by atoms with E-state index < -0.39 is 11.7 Å². The molecule has 0 atom stereocenters. The summed E-state index contributed by atoms with van der Waals surface area (Å²) in [6, 6.07) is 21.4. The highest BCUT2D eigenvalue weighted by Gasteiger charge is 2.22. The minimum Gasteiger partial charge on any atom is -0.493 e. The van der Waals surface area contributed by atoms with Crippen molar-refractivity contribution >= 4 is 23.2 Å². The number of rotatable bonds is 13. The van der Waals surface area contributed by atoms with Crippen molar-refractivity contribution in [3.05, 3.63) is 102 Å². The molecule has 54 heavy (non-hydrogen) atoms. The zero-order valence-electron chi connectivity index (χ0n) is 30.8. The molecule has 3 heterocycles. The van der Waals surface area contributed by atoms with Crippen molar-refractivity contribution in [2.45, 2.75) is 20.3 Å². The number of nitrogens with zero attached hydrogens (tertiary/aromatic N) is 4. The second-order valence-corrected chi connectivity index (χ2v) is 13.3. The second-order valence-electron chi connectivity index (χ2n) is 13.3. The monoisotopic (exact) mass is 734 g/mol. The number of hydrogen-bond donors (Lipinski definition) is 2. The molecule has 1 aromatic heterocycles. The molecule has 0 bridgehead atoms. The summed E-state index contributed by atoms with van der Waals surface area (Å²) in [6.45, 7) is 9.48. The summed E-state index contributed by atoms with van der Waals surface area (Å²) in [5.74, 6) is 1.29. The van der Waals surface area contributed by atoms with Gasteiger partial charge in [-0.05, 0) is 86.0 Å². The van der Waals surface area contributed by atoms with E-state index in [1.807, 2.05) is 62.4 Å². The Morgan fingerprint density at radius 3 is 2.41 bits per heavy atom. The molecule has 12 nitrogen and oxygen atoms in total. The van der Waals surface area contributed by atoms with Gasteiger partial charge >= 0.3 is 0 Å². The van der Waals surface area contributed by atoms with Crippen LogP contribution in [0.4, 0.5) is 21.7 Å². The fraction of sp³-hybridized carbons (Fsp3) is 0.293. The van der Waals surface area contributed by atoms with Crippen molar-refractivity contribution in [3.8, 4) is 45.8 Å². The Balaban J connectivity index is 1.10. The van der Waals surface area contributed by atoms with Crippen molar-refractivity contribution in [2.75, 3.05) is 70.9 Å². The zero-order chi connectivity index (χ0) is 37.6. The van der Waals surface area contributed by atoms with Gasteiger partial charge in [-0.3, -0.25) is 4.79 Å². The van der Waals surface area contributed by atoms with Crippen LogP contribution in [0.5, 0.6) is 34.6 Å². The SMILES string of the molecule is COc1cc(-c2ccc3c(c2)OCO3)ccc1Oc1nc(Nc2ccc(OCCCN3CCN(C)CC3)c(F)c2)ncc1C(=O)Nc1c(C)cccc1C. The molecular formula is C41H43FN6O6. The number of methoxy groups -OCH3 is 1. The Labute approximate surface area is 313 Å². The number of ether oxygens (including phenoxy) is 5. The molecule has 1 saturated heterocycles. The van der Waals surface area contributed by atoms with Gasteiger partial charge in [0.05, 0.1) is 13.7 Å². The number of piperazine rings is 1. The zero-order valence-corrected chi connectivity index (χ0v) is 30.8. The van der Waals surface area contributed by atoms with Crippen LogP contribution in [0.1, 0.15) is 27.9 Å². The van der Waals surface area contributed by atoms with E-state index in [4.69, 9.17) is 23.7 Å². The van der Waals surface area contributed by atoms with Crippen molar-refractivity contribution in [2.24, 2.45) is 0 Å². The van der Waals surface area contributed by atoms with Gasteiger partial charge in [0.1, 0.15) is 5.56 Å². The van der Waals surface area contributed by atoms with E-state index in [1.165, 1.54) is 19.4 Å². The van der Waals surface area contributed by atoms with Gasteiger partial charge in [-0.1, -0.05) is 30.3 Å². The lowest BCUT2D eigenvalue weighted by Gasteiger charge is -2.32. The van der Waals surface area contributed by atoms with Crippen LogP contribution in [0.3, 0.4) is 0 Å². The third kappa shape index (κ3) is 8.48. The number of aromatic nitrogens is 2. The highest BCUT2D eigenvalue weighted by molar-refractivity contribution is 6.06. The average molecular weight is 735 g/mol. The molecule has 4 aromatic carbocycles. The van der Waals surface area contributed by atoms with E-state index in [0.717, 1.165) is 61.4 Å². The molecule has 0 radical (unpaired) electrons. The maximum absolute atomic E-state index is 15.2. The van der Waals surface area contributed by atoms with Crippen molar-refractivity contribution in [1.82, 2.24) is 19.8 Å². The molecular weight excluding hydrogens is 691 g/mol. The third-order valence-corrected chi connectivity index (χ3v) is 9.45. The standard InChI is InChI=1S/C41H43FN6O6/c1-26-7-5-8-27(2)38(26)45-39(49)31-24-43-41(44-30-11-14-33(32(42)23-30)51-20-6-15-48-18-16-47(3)17-19-48)46-40(31)54-35-13-10-28(21-36(35)50-4)29-9-12-34-37(22-29)53-25-52-34/h5,7-14,21-24H,6,15-20,25H2,1-4H3,(H,45,49)(H,43,44,46). The Morgan fingerprint density at radius 1 is 0.889 bits per heavy atom. The topological polar surface area (TPSA) is 120 Å². The molecule has 0 saturated carbocycles. The maximum Gasteiger partial charge on any atom is 0.262 e. The normalized spacial score (nSPS) is 14.1. The van der Waals surface area contributed by atoms with Crippen LogP contribution in [0.2, 0.25) is 0 Å². The quantitative estimate of drug-likeness (QED) is 0.118. The molecule has 13 heteroatoms. The van der Waals surface area contributed by atoms with Crippen molar-refractivity contribution in [3.63, 3.8) is 0 Å². The smallest absolute Gasteiger partial charge is 0.262 e. The van der Waals surface area contributed by atoms with Crippen molar-refractivity contribution in [1.29, 1.82) is 0 Å². The van der Waals surface area contributed by atoms with Gasteiger partial charge in [0.2, 0.25) is 18.6 Å². The Bertz CT molecular complexity index is 2120. The van der Waals surface area contributed by atoms with Gasteiger partial charge < -0.3 is 44.1 Å². The van der Waals surface area contributed by atoms with Gasteiger partial charge in [0, 0.05) is 56.4 Å². The predicted molar refractivity (Wildman–Crippen MR) is 204 cm³/mol. The lowest BCUT2D eigenvalue weighted by molar-refractivity contribution is 0.102. The maximum atomic E-state index is 15.2. The van der Waals surface area contributed by atoms with E-state index >= 15 is 4.39 Å². The van der Waals surface area contributed by atoms with Crippen LogP contribution in [-0.2, 0) is 0 Å². The predicted octanol–water partition coefficient (Wildman–Crippen LogP) is 7.44. The second kappa shape index (κ2) is 16.4. The first-order chi connectivity index (χ1) is 26.2. The summed E-state index contributed by atoms with van der Waals surface area (Å²) in [7, 11) is 3.66. The van der Waals surface area contributed by atoms with Crippen LogP contribution >= 0.6 is 0 Å². The van der Waals surface area contributed by atoms with Crippen LogP contribution < -0.4 is 34.3 Å². The molecule has 280 valence electrons. The summed E-state index contributed by atoms with van der Waals surface area (Å²) in [5.41, 5.74) is 4.68. The van der Waals surface area contributed by atoms with Crippen LogP contribution in [0.25, 0.3) is 11.1 Å². The van der Waals surface area contributed by atoms with E-state index in [9.17, 15) is 4.79 Å². The third-order valence-electron chi connectivity index (χ3n) is 9.45. The van der Waals surface area contributed by atoms with E-state index in [-0.39, 0.29) is 29.9 Å². The number of hydrogen-bond acceptors (Lipinski definition) is 11. The van der Waals surface area contributed by atoms with E-state index in [0.29, 0.717) is 41.0 Å². The fourth-order valence-electron chi connectivity index (χ4n) is 6.33. The summed E-state index contributed by atoms with van der Waals surface area (Å²) in [5, 5.41) is 6.02. The molecule has 1 amide bonds. The van der Waals surface area contributed by atoms with Gasteiger partial charge in [0.25, 0.3) is 5.91 Å². The van der Waals surface area contributed by atoms with E-state index in [1.54, 1.807) is 18.2 Å². The lowest BCUT2D eigenvalue weighted by Crippen LogP contribution is -2.44. The minimum absolute atomic E-state index is 0.0360. The number of aryl methyl sites for hydroxylation is 2. The van der Waals surface area contributed by atoms with Crippen LogP contribution in [0.15, 0.2) is 79.0 Å². The molecule has 0 aliphatic carbocycles. The number of carbonyl (C=O) groups excluding carboxylic acids is 1. The number of amides is 1. The Morgan fingerprint density at radius 2 is 1.63 bits per heavy atom. The summed E-state index contributed by atoms with van der Waals surface area (Å²) in [4.78, 5) is 27.4. The number of halogens is 1. The summed E-state index contributed by atoms with van der Waals surface area (Å²) < 4.78 is 44.0. The number of anilines is 3. The molecule has 0 spiro atoms.